The summed E-state index contributed by atoms with van der Waals surface area (Å²) in [7, 11) is 4.68. The summed E-state index contributed by atoms with van der Waals surface area (Å²) in [6.07, 6.45) is 2.11. The number of ether oxygens (including phenoxy) is 4. The van der Waals surface area contributed by atoms with Crippen molar-refractivity contribution in [1.82, 2.24) is 4.90 Å². The number of hydrogen-bond donors (Lipinski definition) is 0. The van der Waals surface area contributed by atoms with E-state index in [-0.39, 0.29) is 12.0 Å². The molecule has 0 spiro atoms. The van der Waals surface area contributed by atoms with Crippen LogP contribution in [-0.4, -0.2) is 62.3 Å². The molecule has 7 nitrogen and oxygen atoms in total. The molecule has 0 unspecified atom stereocenters. The third-order valence-electron chi connectivity index (χ3n) is 4.14. The molecule has 3 rings (SSSR count). The topological polar surface area (TPSA) is 69.6 Å². The van der Waals surface area contributed by atoms with Gasteiger partial charge in [0.2, 0.25) is 11.7 Å². The fraction of sp³-hybridized carbons (Fsp3) is 0.529. The molecule has 0 N–H and O–H groups in total. The van der Waals surface area contributed by atoms with Gasteiger partial charge in [-0.05, 0) is 12.8 Å². The Bertz CT molecular complexity index is 648. The van der Waals surface area contributed by atoms with E-state index in [1.165, 1.54) is 11.8 Å². The van der Waals surface area contributed by atoms with Gasteiger partial charge >= 0.3 is 0 Å². The van der Waals surface area contributed by atoms with Crippen LogP contribution in [0.1, 0.15) is 12.8 Å². The van der Waals surface area contributed by atoms with Gasteiger partial charge in [-0.25, -0.2) is 4.99 Å². The average molecular weight is 366 g/mol. The van der Waals surface area contributed by atoms with E-state index < -0.39 is 0 Å². The average Bonchev–Trinajstić information content (AvgIpc) is 3.26. The van der Waals surface area contributed by atoms with Gasteiger partial charge in [-0.15, -0.1) is 0 Å². The maximum atomic E-state index is 12.2. The van der Waals surface area contributed by atoms with Gasteiger partial charge < -0.3 is 18.9 Å². The van der Waals surface area contributed by atoms with Gasteiger partial charge in [0, 0.05) is 18.7 Å². The Morgan fingerprint density at radius 3 is 2.52 bits per heavy atom. The van der Waals surface area contributed by atoms with Gasteiger partial charge in [0.1, 0.15) is 0 Å². The molecule has 8 heteroatoms. The first-order valence-electron chi connectivity index (χ1n) is 8.09. The maximum absolute atomic E-state index is 12.2. The number of rotatable bonds is 6. The van der Waals surface area contributed by atoms with E-state index >= 15 is 0 Å². The Hall–Kier alpha value is -1.93. The lowest BCUT2D eigenvalue weighted by Crippen LogP contribution is -2.36. The highest BCUT2D eigenvalue weighted by molar-refractivity contribution is 8.15. The number of amidine groups is 1. The summed E-state index contributed by atoms with van der Waals surface area (Å²) >= 11 is 1.43. The second-order valence-electron chi connectivity index (χ2n) is 5.71. The molecule has 1 atom stereocenters. The lowest BCUT2D eigenvalue weighted by molar-refractivity contribution is -0.125. The molecule has 25 heavy (non-hydrogen) atoms. The Labute approximate surface area is 151 Å². The number of benzene rings is 1. The van der Waals surface area contributed by atoms with Crippen LogP contribution in [0.15, 0.2) is 17.1 Å². The van der Waals surface area contributed by atoms with Crippen molar-refractivity contribution in [3.8, 4) is 17.2 Å². The van der Waals surface area contributed by atoms with Crippen LogP contribution in [0.4, 0.5) is 5.69 Å². The zero-order valence-corrected chi connectivity index (χ0v) is 15.4. The molecule has 1 aromatic carbocycles. The Kier molecular flexibility index (Phi) is 5.70. The largest absolute Gasteiger partial charge is 0.493 e. The van der Waals surface area contributed by atoms with Crippen molar-refractivity contribution in [2.24, 2.45) is 4.99 Å². The fourth-order valence-electron chi connectivity index (χ4n) is 2.90. The van der Waals surface area contributed by atoms with Crippen molar-refractivity contribution in [1.29, 1.82) is 0 Å². The molecule has 1 amide bonds. The first kappa shape index (κ1) is 17.9. The molecular weight excluding hydrogens is 344 g/mol. The molecule has 2 heterocycles. The summed E-state index contributed by atoms with van der Waals surface area (Å²) < 4.78 is 21.7. The highest BCUT2D eigenvalue weighted by Crippen LogP contribution is 2.41. The Balaban J connectivity index is 1.88. The number of carbonyl (C=O) groups is 1. The maximum Gasteiger partial charge on any atom is 0.239 e. The van der Waals surface area contributed by atoms with Crippen LogP contribution in [0.25, 0.3) is 0 Å². The molecule has 2 aliphatic heterocycles. The number of hydrogen-bond acceptors (Lipinski definition) is 7. The van der Waals surface area contributed by atoms with Crippen molar-refractivity contribution in [2.45, 2.75) is 18.9 Å². The Morgan fingerprint density at radius 2 is 1.96 bits per heavy atom. The van der Waals surface area contributed by atoms with E-state index in [0.29, 0.717) is 40.4 Å². The molecule has 0 aromatic heterocycles. The smallest absolute Gasteiger partial charge is 0.239 e. The van der Waals surface area contributed by atoms with E-state index in [9.17, 15) is 4.79 Å². The van der Waals surface area contributed by atoms with Crippen molar-refractivity contribution < 1.29 is 23.7 Å². The molecule has 2 aliphatic rings. The second kappa shape index (κ2) is 7.97. The number of aliphatic imine (C=N–C) groups is 1. The van der Waals surface area contributed by atoms with Crippen LogP contribution < -0.4 is 14.2 Å². The van der Waals surface area contributed by atoms with Gasteiger partial charge in [0.15, 0.2) is 16.7 Å². The number of carbonyl (C=O) groups excluding carboxylic acids is 1. The summed E-state index contributed by atoms with van der Waals surface area (Å²) in [5, 5.41) is 0.676. The van der Waals surface area contributed by atoms with Crippen molar-refractivity contribution in [3.63, 3.8) is 0 Å². The van der Waals surface area contributed by atoms with Crippen LogP contribution in [0.3, 0.4) is 0 Å². The molecule has 0 bridgehead atoms. The number of thioether (sulfide) groups is 1. The third kappa shape index (κ3) is 3.85. The zero-order chi connectivity index (χ0) is 17.8. The molecule has 0 saturated carbocycles. The predicted molar refractivity (Wildman–Crippen MR) is 96.3 cm³/mol. The molecule has 0 aliphatic carbocycles. The summed E-state index contributed by atoms with van der Waals surface area (Å²) in [6.45, 7) is 1.31. The van der Waals surface area contributed by atoms with Crippen molar-refractivity contribution >= 4 is 28.5 Å². The van der Waals surface area contributed by atoms with Gasteiger partial charge in [0.25, 0.3) is 0 Å². The van der Waals surface area contributed by atoms with Crippen LogP contribution in [0, 0.1) is 0 Å². The summed E-state index contributed by atoms with van der Waals surface area (Å²) in [4.78, 5) is 18.6. The fourth-order valence-corrected chi connectivity index (χ4v) is 3.81. The van der Waals surface area contributed by atoms with Crippen LogP contribution in [0.5, 0.6) is 17.2 Å². The van der Waals surface area contributed by atoms with Crippen LogP contribution >= 0.6 is 11.8 Å². The molecular formula is C17H22N2O5S. The number of amides is 1. The SMILES string of the molecule is COc1cc(N=C2SCC(=O)N2C[C@@H]2CCCO2)cc(OC)c1OC. The monoisotopic (exact) mass is 366 g/mol. The van der Waals surface area contributed by atoms with Crippen molar-refractivity contribution in [3.05, 3.63) is 12.1 Å². The minimum Gasteiger partial charge on any atom is -0.493 e. The minimum atomic E-state index is 0.0618. The number of methoxy groups -OCH3 is 3. The van der Waals surface area contributed by atoms with Gasteiger partial charge in [-0.1, -0.05) is 11.8 Å². The van der Waals surface area contributed by atoms with Gasteiger partial charge in [-0.3, -0.25) is 9.69 Å². The molecule has 2 saturated heterocycles. The van der Waals surface area contributed by atoms with Crippen LogP contribution in [0.2, 0.25) is 0 Å². The highest BCUT2D eigenvalue weighted by Gasteiger charge is 2.31. The summed E-state index contributed by atoms with van der Waals surface area (Å²) in [5.41, 5.74) is 0.643. The molecule has 0 radical (unpaired) electrons. The Morgan fingerprint density at radius 1 is 1.24 bits per heavy atom. The molecule has 1 aromatic rings. The first-order valence-corrected chi connectivity index (χ1v) is 9.08. The predicted octanol–water partition coefficient (Wildman–Crippen LogP) is 2.45. The van der Waals surface area contributed by atoms with Crippen LogP contribution in [-0.2, 0) is 9.53 Å². The normalized spacial score (nSPS) is 21.9. The zero-order valence-electron chi connectivity index (χ0n) is 14.6. The minimum absolute atomic E-state index is 0.0618. The van der Waals surface area contributed by atoms with Gasteiger partial charge in [-0.2, -0.15) is 0 Å². The lowest BCUT2D eigenvalue weighted by Gasteiger charge is -2.20. The first-order chi connectivity index (χ1) is 12.2. The van der Waals surface area contributed by atoms with Gasteiger partial charge in [0.05, 0.1) is 45.4 Å². The van der Waals surface area contributed by atoms with Crippen molar-refractivity contribution in [2.75, 3.05) is 40.2 Å². The third-order valence-corrected chi connectivity index (χ3v) is 5.10. The highest BCUT2D eigenvalue weighted by atomic mass is 32.2. The van der Waals surface area contributed by atoms with E-state index in [4.69, 9.17) is 18.9 Å². The van der Waals surface area contributed by atoms with E-state index in [1.807, 2.05) is 0 Å². The quantitative estimate of drug-likeness (QED) is 0.770. The number of nitrogens with zero attached hydrogens (tertiary/aromatic N) is 2. The lowest BCUT2D eigenvalue weighted by atomic mass is 10.2. The van der Waals surface area contributed by atoms with E-state index in [1.54, 1.807) is 38.4 Å². The van der Waals surface area contributed by atoms with E-state index in [2.05, 4.69) is 4.99 Å². The summed E-state index contributed by atoms with van der Waals surface area (Å²) in [5.74, 6) is 2.03. The molecule has 2 fully saturated rings. The van der Waals surface area contributed by atoms with E-state index in [0.717, 1.165) is 19.4 Å². The molecule has 136 valence electrons. The second-order valence-corrected chi connectivity index (χ2v) is 6.65. The standard InChI is InChI=1S/C17H22N2O5S/c1-21-13-7-11(8-14(22-2)16(13)23-3)18-17-19(15(20)10-25-17)9-12-5-4-6-24-12/h7-8,12H,4-6,9-10H2,1-3H3/t12-/m0/s1. The summed E-state index contributed by atoms with van der Waals surface area (Å²) in [6, 6.07) is 3.53.